The summed E-state index contributed by atoms with van der Waals surface area (Å²) in [5.74, 6) is 0.140. The summed E-state index contributed by atoms with van der Waals surface area (Å²) < 4.78 is 23.6. The van der Waals surface area contributed by atoms with E-state index in [1.54, 1.807) is 14.2 Å². The fourth-order valence-electron chi connectivity index (χ4n) is 3.80. The molecule has 0 bridgehead atoms. The molecule has 0 spiro atoms. The van der Waals surface area contributed by atoms with Crippen LogP contribution in [-0.4, -0.2) is 37.6 Å². The molecule has 33 heavy (non-hydrogen) atoms. The lowest BCUT2D eigenvalue weighted by molar-refractivity contribution is -0.122. The molecule has 4 rings (SSSR count). The predicted octanol–water partition coefficient (Wildman–Crippen LogP) is 3.94. The molecule has 0 saturated carbocycles. The summed E-state index contributed by atoms with van der Waals surface area (Å²) in [4.78, 5) is 30.7. The van der Waals surface area contributed by atoms with Crippen LogP contribution >= 0.6 is 11.3 Å². The van der Waals surface area contributed by atoms with E-state index in [0.29, 0.717) is 41.6 Å². The highest BCUT2D eigenvalue weighted by Gasteiger charge is 2.32. The number of benzene rings is 2. The van der Waals surface area contributed by atoms with Crippen LogP contribution in [0.4, 0.5) is 9.52 Å². The molecule has 0 saturated heterocycles. The van der Waals surface area contributed by atoms with E-state index in [4.69, 9.17) is 9.47 Å². The van der Waals surface area contributed by atoms with Crippen LogP contribution in [0, 0.1) is 5.82 Å². The Labute approximate surface area is 194 Å². The number of aromatic nitrogens is 1. The third-order valence-electron chi connectivity index (χ3n) is 5.52. The van der Waals surface area contributed by atoms with Gasteiger partial charge < -0.3 is 14.8 Å². The zero-order valence-corrected chi connectivity index (χ0v) is 19.1. The van der Waals surface area contributed by atoms with Gasteiger partial charge in [0, 0.05) is 17.0 Å². The summed E-state index contributed by atoms with van der Waals surface area (Å²) in [6.45, 7) is 0.485. The van der Waals surface area contributed by atoms with Gasteiger partial charge in [0.2, 0.25) is 5.91 Å². The minimum atomic E-state index is -0.403. The molecule has 3 aromatic rings. The Bertz CT molecular complexity index is 1160. The number of thiazole rings is 1. The van der Waals surface area contributed by atoms with E-state index < -0.39 is 5.82 Å². The van der Waals surface area contributed by atoms with Crippen molar-refractivity contribution in [2.24, 2.45) is 0 Å². The maximum absolute atomic E-state index is 13.1. The van der Waals surface area contributed by atoms with Crippen molar-refractivity contribution in [1.29, 1.82) is 0 Å². The quantitative estimate of drug-likeness (QED) is 0.522. The Morgan fingerprint density at radius 1 is 1.12 bits per heavy atom. The Morgan fingerprint density at radius 3 is 2.61 bits per heavy atom. The van der Waals surface area contributed by atoms with Crippen molar-refractivity contribution < 1.29 is 23.5 Å². The fourth-order valence-corrected chi connectivity index (χ4v) is 4.83. The van der Waals surface area contributed by atoms with E-state index in [1.165, 1.54) is 35.6 Å². The first kappa shape index (κ1) is 22.7. The molecule has 2 N–H and O–H groups in total. The fraction of sp³-hybridized carbons (Fsp3) is 0.292. The van der Waals surface area contributed by atoms with E-state index in [9.17, 15) is 14.0 Å². The number of aryl methyl sites for hydroxylation is 1. The van der Waals surface area contributed by atoms with Crippen molar-refractivity contribution in [3.63, 3.8) is 0 Å². The molecule has 0 radical (unpaired) electrons. The minimum absolute atomic E-state index is 0.0732. The normalized spacial score (nSPS) is 14.5. The number of hydrogen-bond donors (Lipinski definition) is 2. The maximum atomic E-state index is 13.1. The summed E-state index contributed by atoms with van der Waals surface area (Å²) in [5, 5.41) is 6.18. The van der Waals surface area contributed by atoms with E-state index in [2.05, 4.69) is 15.6 Å². The zero-order chi connectivity index (χ0) is 23.4. The third kappa shape index (κ3) is 5.14. The average molecular weight is 470 g/mol. The van der Waals surface area contributed by atoms with Crippen LogP contribution in [-0.2, 0) is 17.6 Å². The summed E-state index contributed by atoms with van der Waals surface area (Å²) in [6.07, 6.45) is 2.09. The number of nitrogens with zero attached hydrogens (tertiary/aromatic N) is 1. The first-order valence-corrected chi connectivity index (χ1v) is 11.3. The number of nitrogens with one attached hydrogen (secondary N) is 2. The first-order chi connectivity index (χ1) is 16.0. The Balaban J connectivity index is 1.34. The largest absolute Gasteiger partial charge is 0.493 e. The van der Waals surface area contributed by atoms with Gasteiger partial charge >= 0.3 is 0 Å². The summed E-state index contributed by atoms with van der Waals surface area (Å²) >= 11 is 1.37. The topological polar surface area (TPSA) is 89.6 Å². The number of methoxy groups -OCH3 is 2. The first-order valence-electron chi connectivity index (χ1n) is 10.5. The van der Waals surface area contributed by atoms with Crippen molar-refractivity contribution in [3.05, 3.63) is 70.0 Å². The van der Waals surface area contributed by atoms with Crippen molar-refractivity contribution in [2.75, 3.05) is 26.1 Å². The average Bonchev–Trinajstić information content (AvgIpc) is 3.39. The Kier molecular flexibility index (Phi) is 6.88. The molecule has 2 aromatic carbocycles. The number of fused-ring (bicyclic) bond motifs is 1. The van der Waals surface area contributed by atoms with E-state index in [0.717, 1.165) is 22.6 Å². The van der Waals surface area contributed by atoms with E-state index in [1.807, 2.05) is 18.2 Å². The molecular formula is C24H24FN3O4S. The highest BCUT2D eigenvalue weighted by molar-refractivity contribution is 7.16. The lowest BCUT2D eigenvalue weighted by Crippen LogP contribution is -2.30. The molecule has 1 aliphatic rings. The Morgan fingerprint density at radius 2 is 1.88 bits per heavy atom. The van der Waals surface area contributed by atoms with Gasteiger partial charge in [-0.1, -0.05) is 6.07 Å². The van der Waals surface area contributed by atoms with Crippen LogP contribution in [0.1, 0.15) is 38.8 Å². The SMILES string of the molecule is COc1ccc(CCNC(=O)C2CCc3sc(NC(=O)c4ccc(F)cc4)nc32)cc1OC. The van der Waals surface area contributed by atoms with E-state index >= 15 is 0 Å². The molecule has 7 nitrogen and oxygen atoms in total. The highest BCUT2D eigenvalue weighted by atomic mass is 32.1. The van der Waals surface area contributed by atoms with Gasteiger partial charge in [0.1, 0.15) is 5.82 Å². The van der Waals surface area contributed by atoms with Gasteiger partial charge in [-0.2, -0.15) is 0 Å². The molecule has 1 unspecified atom stereocenters. The zero-order valence-electron chi connectivity index (χ0n) is 18.3. The van der Waals surface area contributed by atoms with Crippen LogP contribution in [0.5, 0.6) is 11.5 Å². The number of anilines is 1. The van der Waals surface area contributed by atoms with Gasteiger partial charge in [0.15, 0.2) is 16.6 Å². The number of halogens is 1. The molecule has 0 aliphatic heterocycles. The molecule has 172 valence electrons. The van der Waals surface area contributed by atoms with Gasteiger partial charge in [-0.15, -0.1) is 11.3 Å². The van der Waals surface area contributed by atoms with Gasteiger partial charge in [0.25, 0.3) is 5.91 Å². The minimum Gasteiger partial charge on any atom is -0.493 e. The second-order valence-corrected chi connectivity index (χ2v) is 8.69. The molecule has 1 heterocycles. The maximum Gasteiger partial charge on any atom is 0.257 e. The predicted molar refractivity (Wildman–Crippen MR) is 124 cm³/mol. The number of rotatable bonds is 8. The number of hydrogen-bond acceptors (Lipinski definition) is 6. The number of ether oxygens (including phenoxy) is 2. The lowest BCUT2D eigenvalue weighted by atomic mass is 10.1. The second kappa shape index (κ2) is 9.99. The molecule has 1 aliphatic carbocycles. The van der Waals surface area contributed by atoms with Crippen LogP contribution < -0.4 is 20.1 Å². The highest BCUT2D eigenvalue weighted by Crippen LogP contribution is 2.38. The molecule has 1 aromatic heterocycles. The smallest absolute Gasteiger partial charge is 0.257 e. The van der Waals surface area contributed by atoms with Crippen molar-refractivity contribution in [3.8, 4) is 11.5 Å². The van der Waals surface area contributed by atoms with Crippen LogP contribution in [0.25, 0.3) is 0 Å². The summed E-state index contributed by atoms with van der Waals surface area (Å²) in [5.41, 5.74) is 2.09. The van der Waals surface area contributed by atoms with Crippen molar-refractivity contribution in [2.45, 2.75) is 25.2 Å². The van der Waals surface area contributed by atoms with Crippen molar-refractivity contribution in [1.82, 2.24) is 10.3 Å². The van der Waals surface area contributed by atoms with Gasteiger partial charge in [-0.05, 0) is 61.2 Å². The van der Waals surface area contributed by atoms with Crippen LogP contribution in [0.3, 0.4) is 0 Å². The number of carbonyl (C=O) groups excluding carboxylic acids is 2. The van der Waals surface area contributed by atoms with Gasteiger partial charge in [-0.3, -0.25) is 14.9 Å². The summed E-state index contributed by atoms with van der Waals surface area (Å²) in [7, 11) is 3.18. The standard InChI is InChI=1S/C24H24FN3O4S/c1-31-18-9-3-14(13-19(18)32-2)11-12-26-23(30)17-8-10-20-21(17)27-24(33-20)28-22(29)15-4-6-16(25)7-5-15/h3-7,9,13,17H,8,10-12H2,1-2H3,(H,26,30)(H,27,28,29). The number of carbonyl (C=O) groups is 2. The number of amides is 2. The molecule has 9 heteroatoms. The monoisotopic (exact) mass is 469 g/mol. The van der Waals surface area contributed by atoms with Crippen molar-refractivity contribution >= 4 is 28.3 Å². The summed E-state index contributed by atoms with van der Waals surface area (Å²) in [6, 6.07) is 11.0. The second-order valence-electron chi connectivity index (χ2n) is 7.61. The molecule has 0 fully saturated rings. The van der Waals surface area contributed by atoms with Gasteiger partial charge in [-0.25, -0.2) is 9.37 Å². The molecule has 1 atom stereocenters. The Hall–Kier alpha value is -3.46. The van der Waals surface area contributed by atoms with E-state index in [-0.39, 0.29) is 17.7 Å². The van der Waals surface area contributed by atoms with Gasteiger partial charge in [0.05, 0.1) is 25.8 Å². The lowest BCUT2D eigenvalue weighted by Gasteiger charge is -2.12. The molecule has 2 amide bonds. The van der Waals surface area contributed by atoms with Crippen LogP contribution in [0.15, 0.2) is 42.5 Å². The van der Waals surface area contributed by atoms with Crippen LogP contribution in [0.2, 0.25) is 0 Å². The molecular weight excluding hydrogens is 445 g/mol. The third-order valence-corrected chi connectivity index (χ3v) is 6.57.